The molecular formula is C32H45NO12. The fourth-order valence-corrected chi connectivity index (χ4v) is 12.0. The van der Waals surface area contributed by atoms with Gasteiger partial charge in [0.1, 0.15) is 18.3 Å². The number of nitrogens with two attached hydrogens (primary N) is 1. The number of epoxide rings is 1. The van der Waals surface area contributed by atoms with Crippen molar-refractivity contribution in [1.82, 2.24) is 0 Å². The minimum Gasteiger partial charge on any atom is -0.458 e. The van der Waals surface area contributed by atoms with Crippen LogP contribution in [0.1, 0.15) is 61.8 Å². The Labute approximate surface area is 261 Å². The highest BCUT2D eigenvalue weighted by molar-refractivity contribution is 5.89. The van der Waals surface area contributed by atoms with Crippen LogP contribution in [-0.4, -0.2) is 99.2 Å². The van der Waals surface area contributed by atoms with Crippen LogP contribution in [0.3, 0.4) is 0 Å². The number of hydrogen-bond donors (Lipinski definition) is 4. The quantitative estimate of drug-likeness (QED) is 0.177. The Balaban J connectivity index is 1.49. The van der Waals surface area contributed by atoms with E-state index in [-0.39, 0.29) is 11.9 Å². The Kier molecular flexibility index (Phi) is 6.32. The smallest absolute Gasteiger partial charge is 0.341 e. The average Bonchev–Trinajstić information content (AvgIpc) is 3.63. The Morgan fingerprint density at radius 2 is 1.56 bits per heavy atom. The molecule has 0 aromatic carbocycles. The number of ketones is 1. The van der Waals surface area contributed by atoms with Gasteiger partial charge in [0, 0.05) is 61.2 Å². The third-order valence-electron chi connectivity index (χ3n) is 14.1. The third-order valence-corrected chi connectivity index (χ3v) is 14.1. The van der Waals surface area contributed by atoms with E-state index in [0.29, 0.717) is 6.42 Å². The average molecular weight is 636 g/mol. The van der Waals surface area contributed by atoms with Crippen LogP contribution in [0.15, 0.2) is 0 Å². The summed E-state index contributed by atoms with van der Waals surface area (Å²) in [5.41, 5.74) is 0.663. The molecule has 7 aliphatic rings. The van der Waals surface area contributed by atoms with Crippen LogP contribution in [0.2, 0.25) is 0 Å². The van der Waals surface area contributed by atoms with E-state index in [2.05, 4.69) is 0 Å². The second-order valence-corrected chi connectivity index (χ2v) is 15.7. The third kappa shape index (κ3) is 3.40. The highest BCUT2D eigenvalue weighted by atomic mass is 16.7. The normalized spacial score (nSPS) is 60.6. The number of carbonyl (C=O) groups is 4. The summed E-state index contributed by atoms with van der Waals surface area (Å²) >= 11 is 0. The molecule has 0 radical (unpaired) electrons. The lowest BCUT2D eigenvalue weighted by Crippen LogP contribution is -2.75. The lowest BCUT2D eigenvalue weighted by atomic mass is 9.41. The van der Waals surface area contributed by atoms with Gasteiger partial charge in [-0.1, -0.05) is 13.8 Å². The molecular weight excluding hydrogens is 590 g/mol. The SMILES string of the molecule is CC(=O)O[C@H]1C2C(C(=O)[C@H](N)[C@H]3C[C@@H]4O[C@@H]4[C@H](O)[C@]23C)[C@@H]2[C@@H](O)[C@@H]3[C@H]([C@H](C)O[C@@]4(C)OC(=O)[C@@](C)(O)[C@]34C)[C@@]2(C)[C@H]1OC(C)=O. The molecule has 4 aliphatic carbocycles. The summed E-state index contributed by atoms with van der Waals surface area (Å²) in [6.45, 7) is 12.3. The standard InChI is InChI=1S/C32H45NO12/c1-10-16-19(30(6)31(7,40)27(39)45-32(30,8)44-10)22(37)17-15-18(24(41-11(2)34)26(29(16,17)5)42-12(3)35)28(4)13(20(33)21(15)36)9-14-23(43-14)25(28)38/h10,13-20,22-26,37-38,40H,9,33H2,1-8H3/t10-,13+,14-,15?,16-,17+,18?,19-,20+,22+,23-,24-,25-,26-,28-,29+,30-,31+,32-/m0/s1. The van der Waals surface area contributed by atoms with E-state index in [9.17, 15) is 34.5 Å². The zero-order valence-corrected chi connectivity index (χ0v) is 26.9. The molecule has 4 saturated carbocycles. The van der Waals surface area contributed by atoms with Crippen molar-refractivity contribution in [2.75, 3.05) is 0 Å². The lowest BCUT2D eigenvalue weighted by molar-refractivity contribution is -0.340. The first kappa shape index (κ1) is 31.4. The predicted octanol–water partition coefficient (Wildman–Crippen LogP) is -0.161. The predicted molar refractivity (Wildman–Crippen MR) is 150 cm³/mol. The number of aliphatic hydroxyl groups is 3. The number of aliphatic hydroxyl groups excluding tert-OH is 2. The van der Waals surface area contributed by atoms with Crippen molar-refractivity contribution in [3.8, 4) is 0 Å². The van der Waals surface area contributed by atoms with Crippen molar-refractivity contribution in [2.45, 2.75) is 122 Å². The summed E-state index contributed by atoms with van der Waals surface area (Å²) in [5, 5.41) is 36.3. The van der Waals surface area contributed by atoms with Crippen molar-refractivity contribution in [1.29, 1.82) is 0 Å². The molecule has 3 heterocycles. The van der Waals surface area contributed by atoms with Crippen LogP contribution in [0.4, 0.5) is 0 Å². The van der Waals surface area contributed by atoms with Gasteiger partial charge in [-0.05, 0) is 33.1 Å². The number of carbonyl (C=O) groups excluding carboxylic acids is 4. The summed E-state index contributed by atoms with van der Waals surface area (Å²) < 4.78 is 30.1. The largest absolute Gasteiger partial charge is 0.458 e. The maximum Gasteiger partial charge on any atom is 0.341 e. The van der Waals surface area contributed by atoms with Crippen LogP contribution in [0, 0.1) is 51.8 Å². The van der Waals surface area contributed by atoms with Gasteiger partial charge in [-0.2, -0.15) is 0 Å². The van der Waals surface area contributed by atoms with E-state index in [0.717, 1.165) is 0 Å². The minimum atomic E-state index is -2.11. The summed E-state index contributed by atoms with van der Waals surface area (Å²) in [6.07, 6.45) is -5.94. The van der Waals surface area contributed by atoms with E-state index in [1.54, 1.807) is 27.7 Å². The van der Waals surface area contributed by atoms with Crippen LogP contribution in [0.25, 0.3) is 0 Å². The van der Waals surface area contributed by atoms with Crippen molar-refractivity contribution in [3.05, 3.63) is 0 Å². The highest BCUT2D eigenvalue weighted by Gasteiger charge is 2.85. The second-order valence-electron chi connectivity index (χ2n) is 15.7. The molecule has 0 bridgehead atoms. The van der Waals surface area contributed by atoms with Crippen molar-refractivity contribution in [3.63, 3.8) is 0 Å². The monoisotopic (exact) mass is 635 g/mol. The first-order valence-corrected chi connectivity index (χ1v) is 16.0. The molecule has 3 aliphatic heterocycles. The van der Waals surface area contributed by atoms with Crippen LogP contribution in [-0.2, 0) is 42.9 Å². The van der Waals surface area contributed by atoms with Crippen LogP contribution in [0.5, 0.6) is 0 Å². The first-order valence-electron chi connectivity index (χ1n) is 16.0. The first-order chi connectivity index (χ1) is 20.7. The van der Waals surface area contributed by atoms with Gasteiger partial charge < -0.3 is 44.7 Å². The Hall–Kier alpha value is -2.16. The number of rotatable bonds is 2. The Morgan fingerprint density at radius 3 is 2.16 bits per heavy atom. The molecule has 0 aromatic rings. The molecule has 0 aromatic heterocycles. The van der Waals surface area contributed by atoms with Gasteiger partial charge in [0.25, 0.3) is 0 Å². The molecule has 0 spiro atoms. The van der Waals surface area contributed by atoms with E-state index < -0.39 is 124 Å². The van der Waals surface area contributed by atoms with E-state index in [1.165, 1.54) is 20.8 Å². The number of ether oxygens (including phenoxy) is 5. The molecule has 250 valence electrons. The lowest BCUT2D eigenvalue weighted by Gasteiger charge is -2.65. The molecule has 13 heteroatoms. The van der Waals surface area contributed by atoms with Gasteiger partial charge in [0.15, 0.2) is 11.4 Å². The second kappa shape index (κ2) is 9.04. The molecule has 13 nitrogen and oxygen atoms in total. The minimum absolute atomic E-state index is 0.253. The highest BCUT2D eigenvalue weighted by Crippen LogP contribution is 2.75. The van der Waals surface area contributed by atoms with Gasteiger partial charge in [-0.3, -0.25) is 14.4 Å². The zero-order valence-electron chi connectivity index (χ0n) is 26.9. The molecule has 2 unspecified atom stereocenters. The van der Waals surface area contributed by atoms with Gasteiger partial charge in [0.2, 0.25) is 5.79 Å². The summed E-state index contributed by atoms with van der Waals surface area (Å²) in [5.74, 6) is -9.40. The number of Topliss-reactive ketones (excluding diaryl/α,β-unsaturated/α-hetero) is 1. The fourth-order valence-electron chi connectivity index (χ4n) is 12.0. The molecule has 3 saturated heterocycles. The van der Waals surface area contributed by atoms with Crippen LogP contribution >= 0.6 is 0 Å². The van der Waals surface area contributed by atoms with Gasteiger partial charge >= 0.3 is 17.9 Å². The van der Waals surface area contributed by atoms with Crippen molar-refractivity contribution >= 4 is 23.7 Å². The van der Waals surface area contributed by atoms with Gasteiger partial charge in [0.05, 0.1) is 35.9 Å². The zero-order chi connectivity index (χ0) is 33.1. The number of esters is 3. The molecule has 5 N–H and O–H groups in total. The van der Waals surface area contributed by atoms with Gasteiger partial charge in [-0.15, -0.1) is 0 Å². The number of fused-ring (bicyclic) bond motifs is 10. The fraction of sp³-hybridized carbons (Fsp3) is 0.875. The summed E-state index contributed by atoms with van der Waals surface area (Å²) in [6, 6.07) is -1.02. The maximum absolute atomic E-state index is 14.6. The summed E-state index contributed by atoms with van der Waals surface area (Å²) in [7, 11) is 0. The van der Waals surface area contributed by atoms with E-state index >= 15 is 0 Å². The number of hydrogen-bond acceptors (Lipinski definition) is 13. The van der Waals surface area contributed by atoms with E-state index in [4.69, 9.17) is 29.4 Å². The molecule has 7 fully saturated rings. The molecule has 19 atom stereocenters. The van der Waals surface area contributed by atoms with E-state index in [1.807, 2.05) is 6.92 Å². The molecule has 7 rings (SSSR count). The summed E-state index contributed by atoms with van der Waals surface area (Å²) in [4.78, 5) is 53.5. The van der Waals surface area contributed by atoms with Crippen molar-refractivity contribution in [2.24, 2.45) is 57.5 Å². The maximum atomic E-state index is 14.6. The van der Waals surface area contributed by atoms with Gasteiger partial charge in [-0.25, -0.2) is 4.79 Å². The Morgan fingerprint density at radius 1 is 0.933 bits per heavy atom. The van der Waals surface area contributed by atoms with Crippen molar-refractivity contribution < 1.29 is 58.2 Å². The molecule has 45 heavy (non-hydrogen) atoms. The van der Waals surface area contributed by atoms with Crippen LogP contribution < -0.4 is 5.73 Å². The molecule has 0 amide bonds. The topological polar surface area (TPSA) is 204 Å². The Bertz CT molecular complexity index is 1390.